The van der Waals surface area contributed by atoms with E-state index in [-0.39, 0.29) is 0 Å². The highest BCUT2D eigenvalue weighted by atomic mass is 16.5. The second-order valence-corrected chi connectivity index (χ2v) is 5.00. The largest absolute Gasteiger partial charge is 0.619 e. The Bertz CT molecular complexity index is 729. The molecule has 0 unspecified atom stereocenters. The molecular weight excluding hydrogens is 284 g/mol. The van der Waals surface area contributed by atoms with Crippen molar-refractivity contribution in [3.63, 3.8) is 0 Å². The van der Waals surface area contributed by atoms with Gasteiger partial charge in [0.1, 0.15) is 0 Å². The van der Waals surface area contributed by atoms with E-state index in [0.29, 0.717) is 6.04 Å². The lowest BCUT2D eigenvalue weighted by Gasteiger charge is -2.14. The lowest BCUT2D eigenvalue weighted by atomic mass is 10.2. The molecular formula is C20H28N2O. The van der Waals surface area contributed by atoms with E-state index in [2.05, 4.69) is 36.6 Å². The topological polar surface area (TPSA) is 31.9 Å². The van der Waals surface area contributed by atoms with Crippen LogP contribution >= 0.6 is 0 Å². The van der Waals surface area contributed by atoms with Gasteiger partial charge in [-0.2, -0.15) is 4.73 Å². The predicted molar refractivity (Wildman–Crippen MR) is 99.4 cm³/mol. The highest BCUT2D eigenvalue weighted by molar-refractivity contribution is 5.87. The Hall–Kier alpha value is -2.29. The lowest BCUT2D eigenvalue weighted by Crippen LogP contribution is -2.24. The Morgan fingerprint density at radius 3 is 2.22 bits per heavy atom. The highest BCUT2D eigenvalue weighted by Crippen LogP contribution is 2.30. The van der Waals surface area contributed by atoms with E-state index in [1.165, 1.54) is 17.1 Å². The monoisotopic (exact) mass is 312 g/mol. The minimum atomic E-state index is 0.343. The fourth-order valence-electron chi connectivity index (χ4n) is 2.56. The van der Waals surface area contributed by atoms with Gasteiger partial charge in [0, 0.05) is 23.0 Å². The number of hydrogen-bond acceptors (Lipinski definition) is 1. The Morgan fingerprint density at radius 2 is 1.61 bits per heavy atom. The number of rotatable bonds is 2. The van der Waals surface area contributed by atoms with E-state index < -0.39 is 0 Å². The first-order chi connectivity index (χ1) is 11.2. The average Bonchev–Trinajstić information content (AvgIpc) is 2.98. The lowest BCUT2D eigenvalue weighted by molar-refractivity contribution is -0.604. The van der Waals surface area contributed by atoms with Crippen molar-refractivity contribution in [2.75, 3.05) is 0 Å². The summed E-state index contributed by atoms with van der Waals surface area (Å²) in [6.45, 7) is 12.3. The molecule has 0 aliphatic rings. The molecule has 0 atom stereocenters. The zero-order chi connectivity index (χ0) is 17.4. The summed E-state index contributed by atoms with van der Waals surface area (Å²) in [6.07, 6.45) is 3.12. The van der Waals surface area contributed by atoms with Crippen LogP contribution in [0.25, 0.3) is 22.2 Å². The van der Waals surface area contributed by atoms with Gasteiger partial charge in [-0.25, -0.2) is 0 Å². The minimum Gasteiger partial charge on any atom is -0.619 e. The summed E-state index contributed by atoms with van der Waals surface area (Å²) in [6, 6.07) is 14.5. The third kappa shape index (κ3) is 4.13. The molecule has 3 nitrogen and oxygen atoms in total. The summed E-state index contributed by atoms with van der Waals surface area (Å²) in [5.74, 6) is 0. The maximum Gasteiger partial charge on any atom is 0.189 e. The third-order valence-electron chi connectivity index (χ3n) is 3.34. The molecule has 0 saturated carbocycles. The maximum absolute atomic E-state index is 11.5. The van der Waals surface area contributed by atoms with Crippen LogP contribution in [0.4, 0.5) is 0 Å². The summed E-state index contributed by atoms with van der Waals surface area (Å²) < 4.78 is 3.11. The quantitative estimate of drug-likeness (QED) is 0.449. The molecule has 0 N–H and O–H groups in total. The molecule has 3 rings (SSSR count). The standard InChI is InChI=1S/C16H16N2O.2C2H6/c1-12(2)18-15-8-4-3-6-13(15)10-16(18)14-7-5-9-17(19)11-14;2*1-2/h3-12H,1-2H3;2*1-2H3. The average molecular weight is 312 g/mol. The highest BCUT2D eigenvalue weighted by Gasteiger charge is 2.14. The molecule has 0 bridgehead atoms. The van der Waals surface area contributed by atoms with Gasteiger partial charge in [0.2, 0.25) is 0 Å². The fourth-order valence-corrected chi connectivity index (χ4v) is 2.56. The van der Waals surface area contributed by atoms with Gasteiger partial charge in [0.05, 0.1) is 11.3 Å². The van der Waals surface area contributed by atoms with Crippen LogP contribution in [-0.2, 0) is 0 Å². The molecule has 3 heteroatoms. The number of nitrogens with zero attached hydrogens (tertiary/aromatic N) is 2. The van der Waals surface area contributed by atoms with Crippen molar-refractivity contribution in [3.05, 3.63) is 60.1 Å². The molecule has 0 aliphatic carbocycles. The molecule has 124 valence electrons. The molecule has 2 aromatic heterocycles. The van der Waals surface area contributed by atoms with Crippen molar-refractivity contribution in [2.45, 2.75) is 47.6 Å². The van der Waals surface area contributed by atoms with Crippen molar-refractivity contribution in [2.24, 2.45) is 0 Å². The Labute approximate surface area is 139 Å². The Kier molecular flexibility index (Phi) is 7.33. The van der Waals surface area contributed by atoms with Gasteiger partial charge in [-0.3, -0.25) is 0 Å². The predicted octanol–water partition coefficient (Wildman–Crippen LogP) is 5.58. The van der Waals surface area contributed by atoms with Gasteiger partial charge in [0.25, 0.3) is 0 Å². The van der Waals surface area contributed by atoms with E-state index in [1.54, 1.807) is 12.3 Å². The number of fused-ring (bicyclic) bond motifs is 1. The SMILES string of the molecule is CC.CC.CC(C)n1c(-c2ccc[n+]([O-])c2)cc2ccccc21. The van der Waals surface area contributed by atoms with Gasteiger partial charge in [-0.1, -0.05) is 45.9 Å². The van der Waals surface area contributed by atoms with Crippen LogP contribution in [-0.4, -0.2) is 4.57 Å². The van der Waals surface area contributed by atoms with Crippen LogP contribution < -0.4 is 4.73 Å². The minimum absolute atomic E-state index is 0.343. The molecule has 2 heterocycles. The molecule has 0 amide bonds. The van der Waals surface area contributed by atoms with E-state index in [9.17, 15) is 5.21 Å². The van der Waals surface area contributed by atoms with Crippen LogP contribution in [0.3, 0.4) is 0 Å². The zero-order valence-corrected chi connectivity index (χ0v) is 15.1. The van der Waals surface area contributed by atoms with Gasteiger partial charge in [0.15, 0.2) is 12.4 Å². The fraction of sp³-hybridized carbons (Fsp3) is 0.350. The molecule has 23 heavy (non-hydrogen) atoms. The van der Waals surface area contributed by atoms with Gasteiger partial charge in [-0.05, 0) is 32.0 Å². The first-order valence-electron chi connectivity index (χ1n) is 8.46. The number of aromatic nitrogens is 2. The molecule has 0 radical (unpaired) electrons. The number of hydrogen-bond donors (Lipinski definition) is 0. The molecule has 0 saturated heterocycles. The summed E-state index contributed by atoms with van der Waals surface area (Å²) in [7, 11) is 0. The third-order valence-corrected chi connectivity index (χ3v) is 3.34. The number of para-hydroxylation sites is 1. The van der Waals surface area contributed by atoms with Crippen molar-refractivity contribution < 1.29 is 4.73 Å². The molecule has 1 aromatic carbocycles. The summed E-state index contributed by atoms with van der Waals surface area (Å²) in [5.41, 5.74) is 3.23. The molecule has 0 fully saturated rings. The summed E-state index contributed by atoms with van der Waals surface area (Å²) >= 11 is 0. The van der Waals surface area contributed by atoms with Gasteiger partial charge in [-0.15, -0.1) is 0 Å². The molecule has 3 aromatic rings. The normalized spacial score (nSPS) is 9.87. The second kappa shape index (κ2) is 8.99. The van der Waals surface area contributed by atoms with Crippen molar-refractivity contribution in [1.29, 1.82) is 0 Å². The maximum atomic E-state index is 11.5. The Balaban J connectivity index is 0.000000615. The van der Waals surface area contributed by atoms with Gasteiger partial charge < -0.3 is 9.77 Å². The van der Waals surface area contributed by atoms with E-state index >= 15 is 0 Å². The van der Waals surface area contributed by atoms with Crippen LogP contribution in [0, 0.1) is 5.21 Å². The van der Waals surface area contributed by atoms with E-state index in [4.69, 9.17) is 0 Å². The van der Waals surface area contributed by atoms with Crippen LogP contribution in [0.5, 0.6) is 0 Å². The van der Waals surface area contributed by atoms with Gasteiger partial charge >= 0.3 is 0 Å². The summed E-state index contributed by atoms with van der Waals surface area (Å²) in [5, 5.41) is 12.7. The smallest absolute Gasteiger partial charge is 0.189 e. The van der Waals surface area contributed by atoms with Crippen LogP contribution in [0.15, 0.2) is 54.9 Å². The van der Waals surface area contributed by atoms with Crippen LogP contribution in [0.1, 0.15) is 47.6 Å². The second-order valence-electron chi connectivity index (χ2n) is 5.00. The molecule has 0 spiro atoms. The van der Waals surface area contributed by atoms with Crippen molar-refractivity contribution in [3.8, 4) is 11.3 Å². The number of benzene rings is 1. The Morgan fingerprint density at radius 1 is 0.957 bits per heavy atom. The molecule has 0 aliphatic heterocycles. The van der Waals surface area contributed by atoms with Crippen molar-refractivity contribution in [1.82, 2.24) is 4.57 Å². The summed E-state index contributed by atoms with van der Waals surface area (Å²) in [4.78, 5) is 0. The van der Waals surface area contributed by atoms with E-state index in [1.807, 2.05) is 45.9 Å². The van der Waals surface area contributed by atoms with Crippen LogP contribution in [0.2, 0.25) is 0 Å². The zero-order valence-electron chi connectivity index (χ0n) is 15.1. The first kappa shape index (κ1) is 18.8. The number of pyridine rings is 1. The van der Waals surface area contributed by atoms with Crippen molar-refractivity contribution >= 4 is 10.9 Å². The first-order valence-corrected chi connectivity index (χ1v) is 8.46. The van der Waals surface area contributed by atoms with E-state index in [0.717, 1.165) is 16.0 Å².